The number of nitrogens with one attached hydrogen (secondary N) is 1. The molecular formula is C72H131NO8. The summed E-state index contributed by atoms with van der Waals surface area (Å²) in [6, 6.07) is -0.725. The van der Waals surface area contributed by atoms with Gasteiger partial charge in [-0.1, -0.05) is 324 Å². The molecule has 0 aromatic carbocycles. The Morgan fingerprint density at radius 3 is 1.14 bits per heavy atom. The number of aliphatic hydroxyl groups is 5. The van der Waals surface area contributed by atoms with Gasteiger partial charge in [-0.3, -0.25) is 4.79 Å². The van der Waals surface area contributed by atoms with Crippen LogP contribution in [-0.4, -0.2) is 87.5 Å². The minimum atomic E-state index is -1.56. The molecule has 472 valence electrons. The molecule has 6 N–H and O–H groups in total. The summed E-state index contributed by atoms with van der Waals surface area (Å²) in [5.41, 5.74) is 0. The van der Waals surface area contributed by atoms with Crippen LogP contribution in [0.4, 0.5) is 0 Å². The summed E-state index contributed by atoms with van der Waals surface area (Å²) < 4.78 is 11.4. The van der Waals surface area contributed by atoms with Gasteiger partial charge in [-0.15, -0.1) is 0 Å². The molecule has 1 rings (SSSR count). The van der Waals surface area contributed by atoms with Gasteiger partial charge in [0.15, 0.2) is 6.29 Å². The molecule has 0 aromatic rings. The Kier molecular flexibility index (Phi) is 57.5. The van der Waals surface area contributed by atoms with Crippen LogP contribution in [0.1, 0.15) is 322 Å². The number of rotatable bonds is 60. The predicted octanol–water partition coefficient (Wildman–Crippen LogP) is 18.8. The van der Waals surface area contributed by atoms with Crippen LogP contribution in [-0.2, 0) is 14.3 Å². The van der Waals surface area contributed by atoms with E-state index in [0.29, 0.717) is 12.8 Å². The van der Waals surface area contributed by atoms with Gasteiger partial charge in [-0.05, 0) is 64.2 Å². The average molecular weight is 1140 g/mol. The molecule has 0 spiro atoms. The third-order valence-electron chi connectivity index (χ3n) is 16.3. The zero-order valence-corrected chi connectivity index (χ0v) is 52.8. The quantitative estimate of drug-likeness (QED) is 0.0261. The van der Waals surface area contributed by atoms with Crippen molar-refractivity contribution in [3.63, 3.8) is 0 Å². The number of unbranched alkanes of at least 4 members (excludes halogenated alkanes) is 38. The molecule has 0 saturated carbocycles. The second kappa shape index (κ2) is 60.7. The van der Waals surface area contributed by atoms with E-state index >= 15 is 0 Å². The van der Waals surface area contributed by atoms with Gasteiger partial charge in [-0.2, -0.15) is 0 Å². The molecule has 0 bridgehead atoms. The maximum Gasteiger partial charge on any atom is 0.220 e. The average Bonchev–Trinajstić information content (AvgIpc) is 3.47. The number of carbonyl (C=O) groups is 1. The Morgan fingerprint density at radius 2 is 0.765 bits per heavy atom. The summed E-state index contributed by atoms with van der Waals surface area (Å²) in [5, 5.41) is 54.9. The highest BCUT2D eigenvalue weighted by molar-refractivity contribution is 5.76. The van der Waals surface area contributed by atoms with Gasteiger partial charge in [0, 0.05) is 6.42 Å². The van der Waals surface area contributed by atoms with E-state index in [-0.39, 0.29) is 12.5 Å². The van der Waals surface area contributed by atoms with Crippen molar-refractivity contribution in [3.05, 3.63) is 72.9 Å². The molecule has 1 heterocycles. The topological polar surface area (TPSA) is 149 Å². The van der Waals surface area contributed by atoms with E-state index in [0.717, 1.165) is 77.0 Å². The number of allylic oxidation sites excluding steroid dienone is 12. The van der Waals surface area contributed by atoms with Crippen molar-refractivity contribution in [2.24, 2.45) is 0 Å². The lowest BCUT2D eigenvalue weighted by molar-refractivity contribution is -0.302. The lowest BCUT2D eigenvalue weighted by Crippen LogP contribution is -2.60. The van der Waals surface area contributed by atoms with Gasteiger partial charge in [0.1, 0.15) is 24.4 Å². The Bertz CT molecular complexity index is 1510. The third-order valence-corrected chi connectivity index (χ3v) is 16.3. The van der Waals surface area contributed by atoms with E-state index in [1.165, 1.54) is 218 Å². The van der Waals surface area contributed by atoms with Crippen LogP contribution in [0.15, 0.2) is 72.9 Å². The minimum absolute atomic E-state index is 0.139. The second-order valence-corrected chi connectivity index (χ2v) is 23.9. The fourth-order valence-corrected chi connectivity index (χ4v) is 10.9. The van der Waals surface area contributed by atoms with E-state index in [9.17, 15) is 30.3 Å². The van der Waals surface area contributed by atoms with Crippen LogP contribution in [0.3, 0.4) is 0 Å². The van der Waals surface area contributed by atoms with Crippen molar-refractivity contribution in [3.8, 4) is 0 Å². The van der Waals surface area contributed by atoms with Crippen LogP contribution in [0.25, 0.3) is 0 Å². The molecule has 1 saturated heterocycles. The zero-order chi connectivity index (χ0) is 58.6. The van der Waals surface area contributed by atoms with Gasteiger partial charge in [0.05, 0.1) is 25.4 Å². The Labute approximate surface area is 499 Å². The SMILES string of the molecule is CC/C=C\C/C=C\C/C=C\C/C=C\C/C=C\C/C=C\CCCCCCCCCCCCCCC(=O)NC(COC1OC(CO)C(O)C(O)C1O)C(O)CCCCCCCCCCCCCCCCCCCCCCCCCCCCC. The van der Waals surface area contributed by atoms with Crippen LogP contribution >= 0.6 is 0 Å². The number of aliphatic hydroxyl groups excluding tert-OH is 5. The van der Waals surface area contributed by atoms with Crippen LogP contribution in [0.5, 0.6) is 0 Å². The first-order valence-electron chi connectivity index (χ1n) is 34.6. The number of hydrogen-bond acceptors (Lipinski definition) is 8. The summed E-state index contributed by atoms with van der Waals surface area (Å²) >= 11 is 0. The molecule has 0 radical (unpaired) electrons. The molecule has 9 nitrogen and oxygen atoms in total. The minimum Gasteiger partial charge on any atom is -0.394 e. The third kappa shape index (κ3) is 49.6. The van der Waals surface area contributed by atoms with Crippen molar-refractivity contribution in [2.75, 3.05) is 13.2 Å². The van der Waals surface area contributed by atoms with Crippen molar-refractivity contribution < 1.29 is 39.8 Å². The van der Waals surface area contributed by atoms with E-state index in [2.05, 4.69) is 92.1 Å². The highest BCUT2D eigenvalue weighted by atomic mass is 16.7. The van der Waals surface area contributed by atoms with E-state index in [1.54, 1.807) is 0 Å². The van der Waals surface area contributed by atoms with E-state index < -0.39 is 49.5 Å². The first-order chi connectivity index (χ1) is 39.8. The smallest absolute Gasteiger partial charge is 0.220 e. The van der Waals surface area contributed by atoms with Crippen molar-refractivity contribution in [1.82, 2.24) is 5.32 Å². The summed E-state index contributed by atoms with van der Waals surface area (Å²) in [4.78, 5) is 13.2. The molecule has 1 aliphatic heterocycles. The number of amides is 1. The van der Waals surface area contributed by atoms with Gasteiger partial charge in [0.25, 0.3) is 0 Å². The van der Waals surface area contributed by atoms with Crippen LogP contribution in [0.2, 0.25) is 0 Å². The molecule has 7 atom stereocenters. The van der Waals surface area contributed by atoms with E-state index in [4.69, 9.17) is 9.47 Å². The maximum absolute atomic E-state index is 13.2. The first-order valence-corrected chi connectivity index (χ1v) is 34.6. The van der Waals surface area contributed by atoms with E-state index in [1.807, 2.05) is 0 Å². The van der Waals surface area contributed by atoms with Gasteiger partial charge in [-0.25, -0.2) is 0 Å². The number of carbonyl (C=O) groups excluding carboxylic acids is 1. The maximum atomic E-state index is 13.2. The Balaban J connectivity index is 2.13. The fraction of sp³-hybridized carbons (Fsp3) is 0.819. The molecule has 1 fully saturated rings. The highest BCUT2D eigenvalue weighted by Crippen LogP contribution is 2.24. The number of ether oxygens (including phenoxy) is 2. The first kappa shape index (κ1) is 76.6. The fourth-order valence-electron chi connectivity index (χ4n) is 10.9. The van der Waals surface area contributed by atoms with Gasteiger partial charge >= 0.3 is 0 Å². The summed E-state index contributed by atoms with van der Waals surface area (Å²) in [5.74, 6) is -0.144. The molecule has 1 amide bonds. The lowest BCUT2D eigenvalue weighted by Gasteiger charge is -2.40. The molecule has 0 aromatic heterocycles. The van der Waals surface area contributed by atoms with Crippen LogP contribution in [0, 0.1) is 0 Å². The van der Waals surface area contributed by atoms with Crippen molar-refractivity contribution in [2.45, 2.75) is 365 Å². The summed E-state index contributed by atoms with van der Waals surface area (Å²) in [6.45, 7) is 3.76. The Morgan fingerprint density at radius 1 is 0.432 bits per heavy atom. The largest absolute Gasteiger partial charge is 0.394 e. The van der Waals surface area contributed by atoms with Gasteiger partial charge in [0.2, 0.25) is 5.91 Å². The summed E-state index contributed by atoms with van der Waals surface area (Å²) in [7, 11) is 0. The Hall–Kier alpha value is -2.37. The standard InChI is InChI=1S/C72H131NO8/c1-3-5-7-9-11-13-15-17-19-21-23-25-27-29-31-32-33-34-36-38-40-42-44-46-48-50-52-54-56-58-60-62-68(76)73-65(64-80-72-71(79)70(78)69(77)67(63-74)81-72)66(75)61-59-57-55-53-51-49-47-45-43-41-39-37-35-30-28-26-24-22-20-18-16-14-12-10-8-6-4-2/h5,7,11,13,17,19,23,25,29,31,33-34,65-67,69-72,74-75,77-79H,3-4,6,8-10,12,14-16,18,20-22,24,26-28,30,32,35-64H2,1-2H3,(H,73,76)/b7-5-,13-11-,19-17-,25-23-,31-29-,34-33-. The molecular weight excluding hydrogens is 1010 g/mol. The highest BCUT2D eigenvalue weighted by Gasteiger charge is 2.44. The lowest BCUT2D eigenvalue weighted by atomic mass is 9.99. The molecule has 0 aliphatic carbocycles. The second-order valence-electron chi connectivity index (χ2n) is 23.9. The number of hydrogen-bond donors (Lipinski definition) is 6. The van der Waals surface area contributed by atoms with Gasteiger partial charge < -0.3 is 40.3 Å². The molecule has 7 unspecified atom stereocenters. The molecule has 9 heteroatoms. The predicted molar refractivity (Wildman–Crippen MR) is 345 cm³/mol. The van der Waals surface area contributed by atoms with Crippen molar-refractivity contribution >= 4 is 5.91 Å². The monoisotopic (exact) mass is 1140 g/mol. The molecule has 81 heavy (non-hydrogen) atoms. The van der Waals surface area contributed by atoms with Crippen molar-refractivity contribution in [1.29, 1.82) is 0 Å². The van der Waals surface area contributed by atoms with Crippen LogP contribution < -0.4 is 5.32 Å². The normalized spacial score (nSPS) is 18.8. The zero-order valence-electron chi connectivity index (χ0n) is 52.8. The summed E-state index contributed by atoms with van der Waals surface area (Å²) in [6.07, 6.45) is 78.1. The molecule has 1 aliphatic rings.